The first-order chi connectivity index (χ1) is 15.7. The summed E-state index contributed by atoms with van der Waals surface area (Å²) in [5.41, 5.74) is 6.48. The minimum absolute atomic E-state index is 0.770. The zero-order chi connectivity index (χ0) is 21.5. The third-order valence-corrected chi connectivity index (χ3v) is 6.91. The molecule has 0 aliphatic carbocycles. The second kappa shape index (κ2) is 7.70. The van der Waals surface area contributed by atoms with Crippen LogP contribution in [0.2, 0.25) is 0 Å². The Kier molecular flexibility index (Phi) is 4.55. The van der Waals surface area contributed by atoms with Crippen molar-refractivity contribution < 1.29 is 0 Å². The van der Waals surface area contributed by atoms with Gasteiger partial charge in [-0.25, -0.2) is 9.97 Å². The van der Waals surface area contributed by atoms with Gasteiger partial charge in [0.25, 0.3) is 0 Å². The van der Waals surface area contributed by atoms with Crippen LogP contribution in [0.4, 0.5) is 0 Å². The highest BCUT2D eigenvalue weighted by Crippen LogP contribution is 2.36. The maximum absolute atomic E-state index is 4.93. The molecule has 32 heavy (non-hydrogen) atoms. The fourth-order valence-electron chi connectivity index (χ4n) is 4.17. The number of benzene rings is 4. The van der Waals surface area contributed by atoms with Gasteiger partial charge in [-0.05, 0) is 36.2 Å². The number of thiophene rings is 1. The Hall–Kier alpha value is -3.82. The van der Waals surface area contributed by atoms with Crippen LogP contribution in [0.3, 0.4) is 0 Å². The molecule has 0 aliphatic heterocycles. The minimum Gasteiger partial charge on any atom is -0.233 e. The van der Waals surface area contributed by atoms with Crippen molar-refractivity contribution in [2.75, 3.05) is 0 Å². The smallest absolute Gasteiger partial charge is 0.160 e. The molecule has 0 aliphatic rings. The van der Waals surface area contributed by atoms with Crippen molar-refractivity contribution in [1.29, 1.82) is 0 Å². The van der Waals surface area contributed by atoms with Crippen molar-refractivity contribution in [3.05, 3.63) is 109 Å². The molecule has 0 saturated carbocycles. The van der Waals surface area contributed by atoms with Crippen LogP contribution in [0.15, 0.2) is 103 Å². The number of rotatable bonds is 3. The summed E-state index contributed by atoms with van der Waals surface area (Å²) in [6.07, 6.45) is 0. The van der Waals surface area contributed by atoms with E-state index in [4.69, 9.17) is 9.97 Å². The number of aryl methyl sites for hydroxylation is 1. The van der Waals surface area contributed by atoms with Gasteiger partial charge in [0, 0.05) is 37.0 Å². The molecule has 0 spiro atoms. The Balaban J connectivity index is 1.40. The largest absolute Gasteiger partial charge is 0.233 e. The first-order valence-electron chi connectivity index (χ1n) is 10.7. The second-order valence-electron chi connectivity index (χ2n) is 7.97. The van der Waals surface area contributed by atoms with Gasteiger partial charge in [0.15, 0.2) is 5.82 Å². The predicted octanol–water partition coefficient (Wildman–Crippen LogP) is 8.15. The van der Waals surface area contributed by atoms with E-state index in [1.54, 1.807) is 0 Å². The Morgan fingerprint density at radius 3 is 2.03 bits per heavy atom. The Bertz CT molecular complexity index is 1560. The van der Waals surface area contributed by atoms with Crippen molar-refractivity contribution in [3.8, 4) is 33.8 Å². The Labute approximate surface area is 190 Å². The van der Waals surface area contributed by atoms with E-state index < -0.39 is 0 Å². The molecule has 2 aromatic heterocycles. The van der Waals surface area contributed by atoms with Crippen LogP contribution in [0.25, 0.3) is 53.9 Å². The molecule has 2 heterocycles. The summed E-state index contributed by atoms with van der Waals surface area (Å²) in [6.45, 7) is 2.03. The molecule has 0 saturated heterocycles. The lowest BCUT2D eigenvalue weighted by molar-refractivity contribution is 1.12. The Morgan fingerprint density at radius 1 is 0.531 bits per heavy atom. The van der Waals surface area contributed by atoms with Gasteiger partial charge in [-0.3, -0.25) is 0 Å². The molecular weight excluding hydrogens is 408 g/mol. The van der Waals surface area contributed by atoms with Gasteiger partial charge in [-0.2, -0.15) is 0 Å². The fourth-order valence-corrected chi connectivity index (χ4v) is 5.32. The van der Waals surface area contributed by atoms with E-state index >= 15 is 0 Å². The summed E-state index contributed by atoms with van der Waals surface area (Å²) < 4.78 is 2.58. The van der Waals surface area contributed by atoms with Crippen molar-refractivity contribution >= 4 is 31.5 Å². The third-order valence-electron chi connectivity index (χ3n) is 5.78. The maximum Gasteiger partial charge on any atom is 0.160 e. The van der Waals surface area contributed by atoms with E-state index in [1.807, 2.05) is 24.3 Å². The van der Waals surface area contributed by atoms with Crippen LogP contribution in [-0.4, -0.2) is 9.97 Å². The van der Waals surface area contributed by atoms with Gasteiger partial charge >= 0.3 is 0 Å². The van der Waals surface area contributed by atoms with Crippen molar-refractivity contribution in [3.63, 3.8) is 0 Å². The number of nitrogens with zero attached hydrogens (tertiary/aromatic N) is 2. The fraction of sp³-hybridized carbons (Fsp3) is 0.0345. The molecule has 0 unspecified atom stereocenters. The molecule has 152 valence electrons. The minimum atomic E-state index is 0.770. The van der Waals surface area contributed by atoms with E-state index in [0.29, 0.717) is 0 Å². The molecule has 3 heteroatoms. The van der Waals surface area contributed by atoms with Crippen LogP contribution >= 0.6 is 11.3 Å². The van der Waals surface area contributed by atoms with E-state index in [0.717, 1.165) is 28.3 Å². The highest BCUT2D eigenvalue weighted by molar-refractivity contribution is 7.25. The molecule has 0 amide bonds. The average Bonchev–Trinajstić information content (AvgIpc) is 3.22. The first kappa shape index (κ1) is 18.9. The molecule has 0 N–H and O–H groups in total. The first-order valence-corrected chi connectivity index (χ1v) is 11.5. The van der Waals surface area contributed by atoms with Crippen LogP contribution < -0.4 is 0 Å². The second-order valence-corrected chi connectivity index (χ2v) is 9.05. The lowest BCUT2D eigenvalue weighted by Crippen LogP contribution is -1.95. The summed E-state index contributed by atoms with van der Waals surface area (Å²) in [5.74, 6) is 0.770. The normalized spacial score (nSPS) is 11.3. The van der Waals surface area contributed by atoms with E-state index in [9.17, 15) is 0 Å². The van der Waals surface area contributed by atoms with Gasteiger partial charge in [-0.15, -0.1) is 11.3 Å². The molecule has 0 bridgehead atoms. The van der Waals surface area contributed by atoms with Crippen molar-refractivity contribution in [1.82, 2.24) is 9.97 Å². The average molecular weight is 429 g/mol. The summed E-state index contributed by atoms with van der Waals surface area (Å²) in [4.78, 5) is 9.68. The number of fused-ring (bicyclic) bond motifs is 3. The van der Waals surface area contributed by atoms with Gasteiger partial charge in [0.2, 0.25) is 0 Å². The van der Waals surface area contributed by atoms with Crippen LogP contribution in [0.1, 0.15) is 5.69 Å². The molecule has 4 aromatic carbocycles. The summed E-state index contributed by atoms with van der Waals surface area (Å²) in [7, 11) is 0. The summed E-state index contributed by atoms with van der Waals surface area (Å²) in [6, 6.07) is 36.2. The molecular formula is C29H20N2S. The van der Waals surface area contributed by atoms with Crippen LogP contribution in [0.5, 0.6) is 0 Å². The maximum atomic E-state index is 4.93. The highest BCUT2D eigenvalue weighted by Gasteiger charge is 2.11. The highest BCUT2D eigenvalue weighted by atomic mass is 32.1. The molecule has 0 radical (unpaired) electrons. The zero-order valence-electron chi connectivity index (χ0n) is 17.6. The molecule has 2 nitrogen and oxygen atoms in total. The predicted molar refractivity (Wildman–Crippen MR) is 136 cm³/mol. The van der Waals surface area contributed by atoms with Crippen molar-refractivity contribution in [2.45, 2.75) is 6.92 Å². The summed E-state index contributed by atoms with van der Waals surface area (Å²) >= 11 is 1.82. The molecule has 6 rings (SSSR count). The van der Waals surface area contributed by atoms with Gasteiger partial charge in [0.05, 0.1) is 5.69 Å². The third kappa shape index (κ3) is 3.37. The van der Waals surface area contributed by atoms with Crippen LogP contribution in [0, 0.1) is 6.92 Å². The standard InChI is InChI=1S/C29H20N2S/c1-19-17-26(22-13-11-21(12-14-22)20-7-3-2-4-8-20)31-29(30-19)23-15-16-25-24-9-5-6-10-27(24)32-28(25)18-23/h2-18H,1H3. The van der Waals surface area contributed by atoms with Crippen molar-refractivity contribution in [2.24, 2.45) is 0 Å². The van der Waals surface area contributed by atoms with E-state index in [-0.39, 0.29) is 0 Å². The van der Waals surface area contributed by atoms with Gasteiger partial charge < -0.3 is 0 Å². The lowest BCUT2D eigenvalue weighted by Gasteiger charge is -2.08. The topological polar surface area (TPSA) is 25.8 Å². The van der Waals surface area contributed by atoms with Crippen LogP contribution in [-0.2, 0) is 0 Å². The SMILES string of the molecule is Cc1cc(-c2ccc(-c3ccccc3)cc2)nc(-c2ccc3c(c2)sc2ccccc23)n1. The van der Waals surface area contributed by atoms with E-state index in [1.165, 1.54) is 31.3 Å². The monoisotopic (exact) mass is 428 g/mol. The number of aromatic nitrogens is 2. The Morgan fingerprint density at radius 2 is 1.19 bits per heavy atom. The molecule has 0 atom stereocenters. The summed E-state index contributed by atoms with van der Waals surface area (Å²) in [5, 5.41) is 2.60. The van der Waals surface area contributed by atoms with E-state index in [2.05, 4.69) is 97.1 Å². The number of hydrogen-bond donors (Lipinski definition) is 0. The van der Waals surface area contributed by atoms with Gasteiger partial charge in [-0.1, -0.05) is 84.9 Å². The lowest BCUT2D eigenvalue weighted by atomic mass is 10.0. The zero-order valence-corrected chi connectivity index (χ0v) is 18.4. The number of hydrogen-bond acceptors (Lipinski definition) is 3. The van der Waals surface area contributed by atoms with Gasteiger partial charge in [0.1, 0.15) is 0 Å². The quantitative estimate of drug-likeness (QED) is 0.284. The molecule has 0 fully saturated rings. The molecule has 6 aromatic rings.